The molecule has 0 aliphatic rings. The van der Waals surface area contributed by atoms with Crippen LogP contribution in [-0.4, -0.2) is 40.8 Å². The fourth-order valence-electron chi connectivity index (χ4n) is 2.32. The molecule has 0 aliphatic carbocycles. The number of likely N-dealkylation sites (N-methyl/N-ethyl adjacent to an activating group) is 1. The summed E-state index contributed by atoms with van der Waals surface area (Å²) in [7, 11) is -2.01. The Bertz CT molecular complexity index is 822. The smallest absolute Gasteiger partial charge is 0.247 e. The van der Waals surface area contributed by atoms with E-state index in [-0.39, 0.29) is 12.5 Å². The summed E-state index contributed by atoms with van der Waals surface area (Å²) < 4.78 is 30.9. The van der Waals surface area contributed by atoms with Crippen LogP contribution in [0.25, 0.3) is 0 Å². The molecule has 0 aliphatic heterocycles. The zero-order chi connectivity index (χ0) is 18.4. The van der Waals surface area contributed by atoms with Gasteiger partial charge in [0.25, 0.3) is 0 Å². The second kappa shape index (κ2) is 8.02. The molecule has 1 amide bonds. The zero-order valence-electron chi connectivity index (χ0n) is 14.5. The number of carbonyl (C=O) groups is 1. The number of benzene rings is 2. The topological polar surface area (TPSA) is 66.9 Å². The van der Waals surface area contributed by atoms with Crippen molar-refractivity contribution in [2.24, 2.45) is 0 Å². The fourth-order valence-corrected chi connectivity index (χ4v) is 3.16. The molecule has 0 N–H and O–H groups in total. The summed E-state index contributed by atoms with van der Waals surface area (Å²) in [6.45, 7) is 2.02. The number of amides is 1. The van der Waals surface area contributed by atoms with Crippen LogP contribution in [0.2, 0.25) is 0 Å². The van der Waals surface area contributed by atoms with Crippen LogP contribution in [0.4, 0.5) is 11.4 Å². The molecule has 0 radical (unpaired) electrons. The van der Waals surface area contributed by atoms with Gasteiger partial charge in [-0.05, 0) is 31.2 Å². The van der Waals surface area contributed by atoms with Gasteiger partial charge < -0.3 is 9.64 Å². The van der Waals surface area contributed by atoms with Crippen LogP contribution in [0.5, 0.6) is 5.75 Å². The van der Waals surface area contributed by atoms with Gasteiger partial charge in [0.1, 0.15) is 12.3 Å². The van der Waals surface area contributed by atoms with E-state index in [0.29, 0.717) is 23.7 Å². The fraction of sp³-hybridized carbons (Fsp3) is 0.278. The van der Waals surface area contributed by atoms with Gasteiger partial charge in [0.2, 0.25) is 15.9 Å². The highest BCUT2D eigenvalue weighted by Crippen LogP contribution is 2.24. The van der Waals surface area contributed by atoms with Crippen molar-refractivity contribution in [3.8, 4) is 5.75 Å². The van der Waals surface area contributed by atoms with Crippen LogP contribution < -0.4 is 13.9 Å². The molecule has 0 bridgehead atoms. The minimum atomic E-state index is -3.63. The Morgan fingerprint density at radius 3 is 2.28 bits per heavy atom. The maximum Gasteiger partial charge on any atom is 0.247 e. The Kier molecular flexibility index (Phi) is 6.03. The van der Waals surface area contributed by atoms with E-state index in [0.717, 1.165) is 10.6 Å². The maximum absolute atomic E-state index is 12.6. The first-order valence-corrected chi connectivity index (χ1v) is 9.70. The van der Waals surface area contributed by atoms with Crippen LogP contribution in [0.15, 0.2) is 54.6 Å². The third kappa shape index (κ3) is 4.96. The monoisotopic (exact) mass is 362 g/mol. The molecule has 0 unspecified atom stereocenters. The van der Waals surface area contributed by atoms with Crippen molar-refractivity contribution in [2.45, 2.75) is 6.92 Å². The van der Waals surface area contributed by atoms with Crippen molar-refractivity contribution in [1.82, 2.24) is 0 Å². The van der Waals surface area contributed by atoms with E-state index >= 15 is 0 Å². The number of ether oxygens (including phenoxy) is 1. The Morgan fingerprint density at radius 1 is 1.04 bits per heavy atom. The summed E-state index contributed by atoms with van der Waals surface area (Å²) in [5.74, 6) is 0.218. The van der Waals surface area contributed by atoms with Crippen molar-refractivity contribution in [1.29, 1.82) is 0 Å². The van der Waals surface area contributed by atoms with Crippen LogP contribution in [0.3, 0.4) is 0 Å². The van der Waals surface area contributed by atoms with Crippen molar-refractivity contribution < 1.29 is 17.9 Å². The van der Waals surface area contributed by atoms with Gasteiger partial charge in [0.05, 0.1) is 18.6 Å². The van der Waals surface area contributed by atoms with Gasteiger partial charge in [-0.2, -0.15) is 0 Å². The molecule has 0 saturated heterocycles. The van der Waals surface area contributed by atoms with E-state index in [1.54, 1.807) is 43.4 Å². The third-order valence-corrected chi connectivity index (χ3v) is 4.75. The number of nitrogens with zero attached hydrogens (tertiary/aromatic N) is 2. The minimum Gasteiger partial charge on any atom is -0.494 e. The van der Waals surface area contributed by atoms with Crippen LogP contribution in [0.1, 0.15) is 6.92 Å². The average Bonchev–Trinajstić information content (AvgIpc) is 2.59. The molecule has 0 fully saturated rings. The molecule has 0 aromatic heterocycles. The molecule has 25 heavy (non-hydrogen) atoms. The summed E-state index contributed by atoms with van der Waals surface area (Å²) in [6.07, 6.45) is 1.08. The minimum absolute atomic E-state index is 0.292. The number of rotatable bonds is 7. The van der Waals surface area contributed by atoms with Gasteiger partial charge in [0, 0.05) is 18.8 Å². The van der Waals surface area contributed by atoms with Crippen LogP contribution in [-0.2, 0) is 14.8 Å². The summed E-state index contributed by atoms with van der Waals surface area (Å²) in [4.78, 5) is 14.0. The highest BCUT2D eigenvalue weighted by atomic mass is 32.2. The second-order valence-corrected chi connectivity index (χ2v) is 7.40. The van der Waals surface area contributed by atoms with Crippen molar-refractivity contribution >= 4 is 27.3 Å². The van der Waals surface area contributed by atoms with Crippen molar-refractivity contribution in [2.75, 3.05) is 35.7 Å². The van der Waals surface area contributed by atoms with E-state index < -0.39 is 10.0 Å². The van der Waals surface area contributed by atoms with Gasteiger partial charge in [-0.1, -0.05) is 24.3 Å². The standard InChI is InChI=1S/C18H22N2O4S/c1-4-24-17-12-8-11-16(13-17)20(25(3,22)23)14-18(21)19(2)15-9-6-5-7-10-15/h5-13H,4,14H2,1-3H3. The maximum atomic E-state index is 12.6. The third-order valence-electron chi connectivity index (χ3n) is 3.61. The highest BCUT2D eigenvalue weighted by Gasteiger charge is 2.23. The quantitative estimate of drug-likeness (QED) is 0.759. The first kappa shape index (κ1) is 18.8. The Balaban J connectivity index is 2.27. The average molecular weight is 362 g/mol. The zero-order valence-corrected chi connectivity index (χ0v) is 15.4. The lowest BCUT2D eigenvalue weighted by Crippen LogP contribution is -2.41. The molecule has 2 aromatic rings. The first-order valence-electron chi connectivity index (χ1n) is 7.85. The van der Waals surface area contributed by atoms with Gasteiger partial charge in [-0.25, -0.2) is 8.42 Å². The molecule has 0 atom stereocenters. The summed E-state index contributed by atoms with van der Waals surface area (Å²) >= 11 is 0. The number of sulfonamides is 1. The normalized spacial score (nSPS) is 11.0. The predicted octanol–water partition coefficient (Wildman–Crippen LogP) is 2.51. The van der Waals surface area contributed by atoms with E-state index in [4.69, 9.17) is 4.74 Å². The number of hydrogen-bond donors (Lipinski definition) is 0. The summed E-state index contributed by atoms with van der Waals surface area (Å²) in [5.41, 5.74) is 1.09. The molecule has 0 heterocycles. The van der Waals surface area contributed by atoms with Crippen molar-refractivity contribution in [3.05, 3.63) is 54.6 Å². The van der Waals surface area contributed by atoms with E-state index in [1.807, 2.05) is 25.1 Å². The van der Waals surface area contributed by atoms with Gasteiger partial charge in [-0.3, -0.25) is 9.10 Å². The number of hydrogen-bond acceptors (Lipinski definition) is 4. The lowest BCUT2D eigenvalue weighted by molar-refractivity contribution is -0.116. The largest absolute Gasteiger partial charge is 0.494 e. The molecule has 2 aromatic carbocycles. The summed E-state index contributed by atoms with van der Waals surface area (Å²) in [6, 6.07) is 15.8. The Hall–Kier alpha value is -2.54. The van der Waals surface area contributed by atoms with E-state index in [9.17, 15) is 13.2 Å². The number of para-hydroxylation sites is 1. The molecule has 134 valence electrons. The molecule has 6 nitrogen and oxygen atoms in total. The number of carbonyl (C=O) groups excluding carboxylic acids is 1. The van der Waals surface area contributed by atoms with Crippen molar-refractivity contribution in [3.63, 3.8) is 0 Å². The van der Waals surface area contributed by atoms with Crippen LogP contribution in [0, 0.1) is 0 Å². The Labute approximate surface area is 148 Å². The molecule has 7 heteroatoms. The lowest BCUT2D eigenvalue weighted by Gasteiger charge is -2.25. The van der Waals surface area contributed by atoms with Gasteiger partial charge in [0.15, 0.2) is 0 Å². The van der Waals surface area contributed by atoms with Crippen LogP contribution >= 0.6 is 0 Å². The van der Waals surface area contributed by atoms with Gasteiger partial charge >= 0.3 is 0 Å². The predicted molar refractivity (Wildman–Crippen MR) is 99.7 cm³/mol. The second-order valence-electron chi connectivity index (χ2n) is 5.49. The molecular weight excluding hydrogens is 340 g/mol. The van der Waals surface area contributed by atoms with E-state index in [1.165, 1.54) is 4.90 Å². The first-order chi connectivity index (χ1) is 11.8. The lowest BCUT2D eigenvalue weighted by atomic mass is 10.3. The summed E-state index contributed by atoms with van der Waals surface area (Å²) in [5, 5.41) is 0. The highest BCUT2D eigenvalue weighted by molar-refractivity contribution is 7.92. The van der Waals surface area contributed by atoms with Gasteiger partial charge in [-0.15, -0.1) is 0 Å². The molecular formula is C18H22N2O4S. The van der Waals surface area contributed by atoms with E-state index in [2.05, 4.69) is 0 Å². The Morgan fingerprint density at radius 2 is 1.68 bits per heavy atom. The number of anilines is 2. The molecule has 0 saturated carbocycles. The molecule has 2 rings (SSSR count). The molecule has 0 spiro atoms. The SMILES string of the molecule is CCOc1cccc(N(CC(=O)N(C)c2ccccc2)S(C)(=O)=O)c1.